The van der Waals surface area contributed by atoms with Gasteiger partial charge in [0.2, 0.25) is 0 Å². The van der Waals surface area contributed by atoms with E-state index in [1.54, 1.807) is 22.9 Å². The van der Waals surface area contributed by atoms with Crippen molar-refractivity contribution < 1.29 is 4.74 Å². The summed E-state index contributed by atoms with van der Waals surface area (Å²) in [5, 5.41) is 0. The molecule has 0 radical (unpaired) electrons. The number of hydrogen-bond acceptors (Lipinski definition) is 2. The van der Waals surface area contributed by atoms with Crippen molar-refractivity contribution in [3.05, 3.63) is 34.7 Å². The smallest absolute Gasteiger partial charge is 0.252 e. The van der Waals surface area contributed by atoms with Gasteiger partial charge in [-0.2, -0.15) is 0 Å². The molecule has 0 aromatic carbocycles. The number of nitrogens with zero attached hydrogens (tertiary/aromatic N) is 1. The Bertz CT molecular complexity index is 326. The van der Waals surface area contributed by atoms with Gasteiger partial charge in [0, 0.05) is 18.9 Å². The minimum absolute atomic E-state index is 0.0226. The summed E-state index contributed by atoms with van der Waals surface area (Å²) < 4.78 is 7.17. The van der Waals surface area contributed by atoms with Gasteiger partial charge in [0.15, 0.2) is 0 Å². The van der Waals surface area contributed by atoms with Gasteiger partial charge in [-0.15, -0.1) is 0 Å². The summed E-state index contributed by atoms with van der Waals surface area (Å²) in [6, 6.07) is 5.18. The molecule has 1 atom stereocenters. The van der Waals surface area contributed by atoms with Crippen molar-refractivity contribution in [2.24, 2.45) is 0 Å². The van der Waals surface area contributed by atoms with Crippen molar-refractivity contribution in [2.45, 2.75) is 25.5 Å². The van der Waals surface area contributed by atoms with Crippen LogP contribution in [-0.4, -0.2) is 11.2 Å². The van der Waals surface area contributed by atoms with E-state index in [0.29, 0.717) is 0 Å². The van der Waals surface area contributed by atoms with Gasteiger partial charge in [-0.25, -0.2) is 0 Å². The van der Waals surface area contributed by atoms with E-state index in [1.807, 2.05) is 6.07 Å². The second kappa shape index (κ2) is 3.75. The lowest BCUT2D eigenvalue weighted by atomic mass is 10.2. The summed E-state index contributed by atoms with van der Waals surface area (Å²) in [5.41, 5.74) is 0.0226. The molecular formula is C10H13NO2. The monoisotopic (exact) mass is 179 g/mol. The zero-order valence-electron chi connectivity index (χ0n) is 7.48. The molecule has 1 fully saturated rings. The summed E-state index contributed by atoms with van der Waals surface area (Å²) in [6.07, 6.45) is 4.95. The molecule has 1 aliphatic rings. The average Bonchev–Trinajstić information content (AvgIpc) is 2.20. The molecule has 1 saturated heterocycles. The van der Waals surface area contributed by atoms with E-state index in [4.69, 9.17) is 4.74 Å². The number of ether oxygens (including phenoxy) is 1. The van der Waals surface area contributed by atoms with Crippen LogP contribution in [0.5, 0.6) is 0 Å². The number of rotatable bonds is 1. The van der Waals surface area contributed by atoms with Crippen molar-refractivity contribution in [3.8, 4) is 0 Å². The van der Waals surface area contributed by atoms with E-state index in [0.717, 1.165) is 25.9 Å². The molecule has 1 aliphatic heterocycles. The molecule has 1 unspecified atom stereocenters. The summed E-state index contributed by atoms with van der Waals surface area (Å²) in [4.78, 5) is 11.4. The van der Waals surface area contributed by atoms with Gasteiger partial charge in [-0.1, -0.05) is 6.07 Å². The fraction of sp³-hybridized carbons (Fsp3) is 0.500. The predicted octanol–water partition coefficient (Wildman–Crippen LogP) is 1.55. The van der Waals surface area contributed by atoms with Crippen LogP contribution in [0.3, 0.4) is 0 Å². The molecule has 0 bridgehead atoms. The van der Waals surface area contributed by atoms with Crippen LogP contribution in [0.1, 0.15) is 25.5 Å². The predicted molar refractivity (Wildman–Crippen MR) is 49.5 cm³/mol. The highest BCUT2D eigenvalue weighted by molar-refractivity contribution is 4.94. The molecule has 2 rings (SSSR count). The highest BCUT2D eigenvalue weighted by atomic mass is 16.5. The van der Waals surface area contributed by atoms with Crippen molar-refractivity contribution >= 4 is 0 Å². The normalized spacial score (nSPS) is 22.9. The fourth-order valence-corrected chi connectivity index (χ4v) is 1.62. The van der Waals surface area contributed by atoms with E-state index in [-0.39, 0.29) is 11.8 Å². The molecule has 0 amide bonds. The van der Waals surface area contributed by atoms with Crippen LogP contribution < -0.4 is 5.56 Å². The Hall–Kier alpha value is -1.09. The van der Waals surface area contributed by atoms with E-state index < -0.39 is 0 Å². The van der Waals surface area contributed by atoms with E-state index in [1.165, 1.54) is 0 Å². The minimum atomic E-state index is -0.0394. The summed E-state index contributed by atoms with van der Waals surface area (Å²) in [5.74, 6) is 0. The molecule has 1 aromatic heterocycles. The molecule has 0 saturated carbocycles. The topological polar surface area (TPSA) is 31.2 Å². The van der Waals surface area contributed by atoms with Crippen molar-refractivity contribution in [1.82, 2.24) is 4.57 Å². The molecule has 2 heterocycles. The summed E-state index contributed by atoms with van der Waals surface area (Å²) in [6.45, 7) is 0.770. The SMILES string of the molecule is O=c1ccccn1C1CCCCO1. The van der Waals surface area contributed by atoms with Crippen molar-refractivity contribution in [3.63, 3.8) is 0 Å². The first-order valence-electron chi connectivity index (χ1n) is 4.67. The summed E-state index contributed by atoms with van der Waals surface area (Å²) in [7, 11) is 0. The van der Waals surface area contributed by atoms with Gasteiger partial charge in [-0.3, -0.25) is 9.36 Å². The fourth-order valence-electron chi connectivity index (χ4n) is 1.62. The van der Waals surface area contributed by atoms with Crippen LogP contribution >= 0.6 is 0 Å². The first-order chi connectivity index (χ1) is 6.38. The Balaban J connectivity index is 2.24. The van der Waals surface area contributed by atoms with Gasteiger partial charge in [0.1, 0.15) is 6.23 Å². The van der Waals surface area contributed by atoms with Gasteiger partial charge in [0.25, 0.3) is 5.56 Å². The van der Waals surface area contributed by atoms with Crippen LogP contribution in [0.15, 0.2) is 29.2 Å². The molecule has 13 heavy (non-hydrogen) atoms. The third-order valence-electron chi connectivity index (χ3n) is 2.32. The van der Waals surface area contributed by atoms with Gasteiger partial charge >= 0.3 is 0 Å². The maximum atomic E-state index is 11.4. The number of hydrogen-bond donors (Lipinski definition) is 0. The Labute approximate surface area is 77.0 Å². The van der Waals surface area contributed by atoms with Gasteiger partial charge < -0.3 is 4.74 Å². The quantitative estimate of drug-likeness (QED) is 0.655. The zero-order valence-corrected chi connectivity index (χ0v) is 7.48. The molecule has 0 spiro atoms. The minimum Gasteiger partial charge on any atom is -0.358 e. The Morgan fingerprint density at radius 2 is 2.31 bits per heavy atom. The average molecular weight is 179 g/mol. The molecule has 0 N–H and O–H groups in total. The highest BCUT2D eigenvalue weighted by Gasteiger charge is 2.15. The number of aromatic nitrogens is 1. The van der Waals surface area contributed by atoms with Crippen LogP contribution in [0.25, 0.3) is 0 Å². The Kier molecular flexibility index (Phi) is 2.45. The van der Waals surface area contributed by atoms with E-state index >= 15 is 0 Å². The molecule has 70 valence electrons. The Morgan fingerprint density at radius 1 is 1.38 bits per heavy atom. The lowest BCUT2D eigenvalue weighted by molar-refractivity contribution is -0.0340. The molecular weight excluding hydrogens is 166 g/mol. The van der Waals surface area contributed by atoms with Crippen molar-refractivity contribution in [1.29, 1.82) is 0 Å². The van der Waals surface area contributed by atoms with E-state index in [9.17, 15) is 4.79 Å². The van der Waals surface area contributed by atoms with Gasteiger partial charge in [0.05, 0.1) is 0 Å². The van der Waals surface area contributed by atoms with Crippen LogP contribution in [-0.2, 0) is 4.74 Å². The molecule has 3 heteroatoms. The third-order valence-corrected chi connectivity index (χ3v) is 2.32. The maximum Gasteiger partial charge on any atom is 0.252 e. The largest absolute Gasteiger partial charge is 0.358 e. The van der Waals surface area contributed by atoms with E-state index in [2.05, 4.69) is 0 Å². The maximum absolute atomic E-state index is 11.4. The highest BCUT2D eigenvalue weighted by Crippen LogP contribution is 2.20. The standard InChI is InChI=1S/C10H13NO2/c12-9-5-1-3-7-11(9)10-6-2-4-8-13-10/h1,3,5,7,10H,2,4,6,8H2. The third kappa shape index (κ3) is 1.80. The first-order valence-corrected chi connectivity index (χ1v) is 4.67. The second-order valence-corrected chi connectivity index (χ2v) is 3.27. The van der Waals surface area contributed by atoms with Gasteiger partial charge in [-0.05, 0) is 25.3 Å². The Morgan fingerprint density at radius 3 is 3.00 bits per heavy atom. The first kappa shape index (κ1) is 8.51. The van der Waals surface area contributed by atoms with Crippen LogP contribution in [0.4, 0.5) is 0 Å². The lowest BCUT2D eigenvalue weighted by Crippen LogP contribution is -2.27. The second-order valence-electron chi connectivity index (χ2n) is 3.27. The zero-order chi connectivity index (χ0) is 9.10. The van der Waals surface area contributed by atoms with Crippen LogP contribution in [0.2, 0.25) is 0 Å². The molecule has 3 nitrogen and oxygen atoms in total. The lowest BCUT2D eigenvalue weighted by Gasteiger charge is -2.24. The summed E-state index contributed by atoms with van der Waals surface area (Å²) >= 11 is 0. The van der Waals surface area contributed by atoms with Crippen LogP contribution in [0, 0.1) is 0 Å². The number of pyridine rings is 1. The molecule has 0 aliphatic carbocycles. The molecule has 1 aromatic rings. The van der Waals surface area contributed by atoms with Crippen molar-refractivity contribution in [2.75, 3.05) is 6.61 Å².